The molecular formula is C36H75N7O12. The lowest BCUT2D eigenvalue weighted by Crippen LogP contribution is -2.44. The number of ether oxygens (including phenoxy) is 9. The lowest BCUT2D eigenvalue weighted by molar-refractivity contribution is -0.121. The average Bonchev–Trinajstić information content (AvgIpc) is 3.18. The quantitative estimate of drug-likeness (QED) is 0.0327. The highest BCUT2D eigenvalue weighted by atomic mass is 16.6. The van der Waals surface area contributed by atoms with Crippen molar-refractivity contribution in [1.29, 1.82) is 0 Å². The number of hydrogen-bond acceptors (Lipinski definition) is 16. The molecule has 0 spiro atoms. The Bertz CT molecular complexity index is 839. The summed E-state index contributed by atoms with van der Waals surface area (Å²) in [4.78, 5) is 37.9. The number of nitrogens with one attached hydrogen (secondary N) is 5. The molecule has 0 aliphatic carbocycles. The van der Waals surface area contributed by atoms with Gasteiger partial charge in [0, 0.05) is 64.1 Å². The Balaban J connectivity index is 4.45. The molecule has 3 amide bonds. The molecule has 0 aromatic rings. The van der Waals surface area contributed by atoms with E-state index in [4.69, 9.17) is 54.1 Å². The van der Waals surface area contributed by atoms with Crippen molar-refractivity contribution < 1.29 is 57.0 Å². The number of hydrogen-bond donors (Lipinski definition) is 7. The molecule has 0 aliphatic rings. The summed E-state index contributed by atoms with van der Waals surface area (Å²) in [5.74, 6) is -0.562. The zero-order valence-corrected chi connectivity index (χ0v) is 33.8. The molecular weight excluding hydrogens is 722 g/mol. The Morgan fingerprint density at radius 3 is 0.891 bits per heavy atom. The number of carbonyl (C=O) groups is 3. The minimum Gasteiger partial charge on any atom is -0.378 e. The fraction of sp³-hybridized carbons (Fsp3) is 0.917. The van der Waals surface area contributed by atoms with Crippen LogP contribution in [0.5, 0.6) is 0 Å². The first kappa shape index (κ1) is 52.9. The van der Waals surface area contributed by atoms with Crippen LogP contribution < -0.4 is 38.1 Å². The third-order valence-electron chi connectivity index (χ3n) is 7.74. The largest absolute Gasteiger partial charge is 0.378 e. The summed E-state index contributed by atoms with van der Waals surface area (Å²) < 4.78 is 48.9. The van der Waals surface area contributed by atoms with Gasteiger partial charge in [-0.05, 0) is 33.4 Å². The number of likely N-dealkylation sites (N-methyl/N-ethyl adjacent to an activating group) is 2. The van der Waals surface area contributed by atoms with Gasteiger partial charge in [-0.1, -0.05) is 0 Å². The molecule has 0 bridgehead atoms. The van der Waals surface area contributed by atoms with Crippen molar-refractivity contribution in [3.05, 3.63) is 0 Å². The lowest BCUT2D eigenvalue weighted by Gasteiger charge is -2.29. The van der Waals surface area contributed by atoms with Crippen LogP contribution in [-0.2, 0) is 57.0 Å². The molecule has 9 N–H and O–H groups in total. The van der Waals surface area contributed by atoms with E-state index in [0.717, 1.165) is 13.1 Å². The van der Waals surface area contributed by atoms with E-state index in [1.165, 1.54) is 0 Å². The summed E-state index contributed by atoms with van der Waals surface area (Å²) in [6, 6.07) is 0. The van der Waals surface area contributed by atoms with E-state index in [2.05, 4.69) is 26.6 Å². The molecule has 0 saturated heterocycles. The van der Waals surface area contributed by atoms with Gasteiger partial charge in [-0.15, -0.1) is 0 Å². The van der Waals surface area contributed by atoms with Gasteiger partial charge in [0.25, 0.3) is 0 Å². The topological polar surface area (TPSA) is 246 Å². The molecule has 0 unspecified atom stereocenters. The minimum absolute atomic E-state index is 0.140. The molecule has 0 aliphatic heterocycles. The Labute approximate surface area is 328 Å². The third kappa shape index (κ3) is 39.9. The fourth-order valence-corrected chi connectivity index (χ4v) is 4.57. The number of rotatable bonds is 44. The number of amides is 3. The second-order valence-corrected chi connectivity index (χ2v) is 12.4. The second kappa shape index (κ2) is 41.5. The predicted molar refractivity (Wildman–Crippen MR) is 208 cm³/mol. The Kier molecular flexibility index (Phi) is 39.9. The molecule has 0 fully saturated rings. The molecule has 0 radical (unpaired) electrons. The van der Waals surface area contributed by atoms with E-state index in [-0.39, 0.29) is 37.0 Å². The maximum atomic E-state index is 12.6. The van der Waals surface area contributed by atoms with E-state index in [0.29, 0.717) is 164 Å². The monoisotopic (exact) mass is 798 g/mol. The van der Waals surface area contributed by atoms with E-state index >= 15 is 0 Å². The van der Waals surface area contributed by atoms with E-state index in [1.807, 2.05) is 14.1 Å². The van der Waals surface area contributed by atoms with Gasteiger partial charge in [0.1, 0.15) is 0 Å². The first-order chi connectivity index (χ1) is 26.9. The summed E-state index contributed by atoms with van der Waals surface area (Å²) >= 11 is 0. The molecule has 55 heavy (non-hydrogen) atoms. The van der Waals surface area contributed by atoms with Gasteiger partial charge in [-0.25, -0.2) is 0 Å². The smallest absolute Gasteiger partial charge is 0.220 e. The zero-order valence-electron chi connectivity index (χ0n) is 33.8. The van der Waals surface area contributed by atoms with Crippen molar-refractivity contribution >= 4 is 17.7 Å². The molecule has 0 aromatic carbocycles. The maximum Gasteiger partial charge on any atom is 0.220 e. The second-order valence-electron chi connectivity index (χ2n) is 12.4. The summed E-state index contributed by atoms with van der Waals surface area (Å²) in [5, 5.41) is 14.5. The summed E-state index contributed by atoms with van der Waals surface area (Å²) in [6.07, 6.45) is 1.32. The molecule has 0 saturated carbocycles. The van der Waals surface area contributed by atoms with Crippen LogP contribution >= 0.6 is 0 Å². The molecule has 0 aromatic heterocycles. The van der Waals surface area contributed by atoms with Crippen molar-refractivity contribution in [2.45, 2.75) is 44.1 Å². The third-order valence-corrected chi connectivity index (χ3v) is 7.74. The summed E-state index contributed by atoms with van der Waals surface area (Å²) in [5.41, 5.74) is 11.2. The first-order valence-corrected chi connectivity index (χ1v) is 19.6. The Morgan fingerprint density at radius 2 is 0.636 bits per heavy atom. The van der Waals surface area contributed by atoms with Crippen LogP contribution in [0, 0.1) is 0 Å². The van der Waals surface area contributed by atoms with Crippen LogP contribution in [0.1, 0.15) is 38.5 Å². The van der Waals surface area contributed by atoms with Crippen LogP contribution in [0.4, 0.5) is 0 Å². The molecule has 326 valence electrons. The highest BCUT2D eigenvalue weighted by molar-refractivity contribution is 5.77. The summed E-state index contributed by atoms with van der Waals surface area (Å²) in [6.45, 7) is 11.3. The van der Waals surface area contributed by atoms with Crippen molar-refractivity contribution in [2.75, 3.05) is 172 Å². The predicted octanol–water partition coefficient (Wildman–Crippen LogP) is -2.08. The maximum absolute atomic E-state index is 12.6. The van der Waals surface area contributed by atoms with Crippen LogP contribution in [0.25, 0.3) is 0 Å². The normalized spacial score (nSPS) is 11.6. The summed E-state index contributed by atoms with van der Waals surface area (Å²) in [7, 11) is 3.74. The molecule has 19 heteroatoms. The van der Waals surface area contributed by atoms with E-state index in [9.17, 15) is 14.4 Å². The van der Waals surface area contributed by atoms with Crippen LogP contribution in [0.15, 0.2) is 0 Å². The van der Waals surface area contributed by atoms with E-state index < -0.39 is 5.54 Å². The Hall–Kier alpha value is -2.11. The number of carbonyl (C=O) groups excluding carboxylic acids is 3. The lowest BCUT2D eigenvalue weighted by atomic mass is 9.84. The standard InChI is InChI=1S/C36H75N7O12/c1-39-10-16-48-22-28-54-31-25-51-19-13-42-34(45)4-7-36(38,6-3-33(44)41-12-18-50-24-30-53-27-21-47-15-9-37)8-5-35(46)43-14-20-52-26-32-55-29-23-49-17-11-40-2/h39-40H,3-32,37-38H2,1-2H3,(H,41,44)(H,42,45)(H,43,46). The number of nitrogens with two attached hydrogens (primary N) is 2. The van der Waals surface area contributed by atoms with Gasteiger partial charge >= 0.3 is 0 Å². The first-order valence-electron chi connectivity index (χ1n) is 19.6. The van der Waals surface area contributed by atoms with Gasteiger partial charge in [-0.3, -0.25) is 14.4 Å². The van der Waals surface area contributed by atoms with Crippen molar-refractivity contribution in [3.63, 3.8) is 0 Å². The Morgan fingerprint density at radius 1 is 0.400 bits per heavy atom. The molecule has 19 nitrogen and oxygen atoms in total. The van der Waals surface area contributed by atoms with Gasteiger partial charge in [0.05, 0.1) is 119 Å². The molecule has 0 heterocycles. The fourth-order valence-electron chi connectivity index (χ4n) is 4.57. The molecule has 0 rings (SSSR count). The average molecular weight is 798 g/mol. The van der Waals surface area contributed by atoms with Crippen molar-refractivity contribution in [2.24, 2.45) is 11.5 Å². The highest BCUT2D eigenvalue weighted by Gasteiger charge is 2.27. The van der Waals surface area contributed by atoms with Crippen molar-refractivity contribution in [1.82, 2.24) is 26.6 Å². The van der Waals surface area contributed by atoms with Crippen LogP contribution in [0.2, 0.25) is 0 Å². The van der Waals surface area contributed by atoms with Gasteiger partial charge in [0.15, 0.2) is 0 Å². The van der Waals surface area contributed by atoms with Gasteiger partial charge in [-0.2, -0.15) is 0 Å². The zero-order chi connectivity index (χ0) is 40.3. The minimum atomic E-state index is -0.914. The molecule has 0 atom stereocenters. The van der Waals surface area contributed by atoms with Gasteiger partial charge < -0.3 is 80.7 Å². The van der Waals surface area contributed by atoms with Crippen LogP contribution in [-0.4, -0.2) is 196 Å². The van der Waals surface area contributed by atoms with Crippen molar-refractivity contribution in [3.8, 4) is 0 Å². The SMILES string of the molecule is CNCCOCCOCCOCCNC(=O)CCC(N)(CCC(=O)NCCOCCOCCOCCN)CCC(=O)NCCOCCOCCOCCNC. The van der Waals surface area contributed by atoms with E-state index in [1.54, 1.807) is 0 Å². The van der Waals surface area contributed by atoms with Crippen LogP contribution in [0.3, 0.4) is 0 Å². The highest BCUT2D eigenvalue weighted by Crippen LogP contribution is 2.23. The van der Waals surface area contributed by atoms with Gasteiger partial charge in [0.2, 0.25) is 17.7 Å².